The summed E-state index contributed by atoms with van der Waals surface area (Å²) in [6.45, 7) is 1.57. The lowest BCUT2D eigenvalue weighted by Gasteiger charge is -2.24. The van der Waals surface area contributed by atoms with Crippen LogP contribution in [0, 0.1) is 17.6 Å². The molecule has 0 bridgehead atoms. The highest BCUT2D eigenvalue weighted by Gasteiger charge is 2.38. The van der Waals surface area contributed by atoms with E-state index in [-0.39, 0.29) is 23.5 Å². The molecular formula is C14H14F5N3. The summed E-state index contributed by atoms with van der Waals surface area (Å²) in [6.07, 6.45) is -3.19. The van der Waals surface area contributed by atoms with Crippen molar-refractivity contribution in [2.45, 2.75) is 25.6 Å². The molecule has 0 amide bonds. The Bertz CT molecular complexity index is 686. The highest BCUT2D eigenvalue weighted by atomic mass is 19.4. The predicted octanol–water partition coefficient (Wildman–Crippen LogP) is 3.33. The van der Waals surface area contributed by atoms with Crippen LogP contribution in [0.4, 0.5) is 22.0 Å². The molecule has 1 aromatic carbocycles. The number of hydrogen-bond donors (Lipinski definition) is 1. The average Bonchev–Trinajstić information content (AvgIpc) is 2.79. The lowest BCUT2D eigenvalue weighted by atomic mass is 9.98. The van der Waals surface area contributed by atoms with Crippen LogP contribution in [0.1, 0.15) is 18.7 Å². The van der Waals surface area contributed by atoms with Gasteiger partial charge in [0.2, 0.25) is 5.82 Å². The number of hydrogen-bond acceptors (Lipinski definition) is 2. The van der Waals surface area contributed by atoms with Gasteiger partial charge in [0.25, 0.3) is 0 Å². The molecule has 0 atom stereocenters. The number of benzene rings is 1. The number of nitrogens with zero attached hydrogens (tertiary/aromatic N) is 2. The largest absolute Gasteiger partial charge is 0.449 e. The predicted molar refractivity (Wildman–Crippen MR) is 70.2 cm³/mol. The molecular weight excluding hydrogens is 305 g/mol. The molecule has 1 saturated heterocycles. The van der Waals surface area contributed by atoms with Crippen LogP contribution >= 0.6 is 0 Å². The smallest absolute Gasteiger partial charge is 0.320 e. The monoisotopic (exact) mass is 319 g/mol. The molecule has 22 heavy (non-hydrogen) atoms. The molecule has 0 radical (unpaired) electrons. The van der Waals surface area contributed by atoms with E-state index < -0.39 is 23.6 Å². The molecule has 2 heterocycles. The fourth-order valence-corrected chi connectivity index (χ4v) is 2.84. The van der Waals surface area contributed by atoms with Crippen molar-refractivity contribution in [1.82, 2.24) is 14.9 Å². The topological polar surface area (TPSA) is 29.9 Å². The maximum Gasteiger partial charge on any atom is 0.449 e. The number of halogens is 5. The molecule has 3 nitrogen and oxygen atoms in total. The fraction of sp³-hybridized carbons (Fsp3) is 0.500. The van der Waals surface area contributed by atoms with Gasteiger partial charge in [-0.25, -0.2) is 13.8 Å². The molecule has 1 aliphatic heterocycles. The first-order valence-electron chi connectivity index (χ1n) is 6.99. The molecule has 1 aromatic heterocycles. The zero-order chi connectivity index (χ0) is 15.9. The van der Waals surface area contributed by atoms with Crippen LogP contribution in [0.2, 0.25) is 0 Å². The minimum atomic E-state index is -4.67. The zero-order valence-corrected chi connectivity index (χ0v) is 11.6. The second-order valence-electron chi connectivity index (χ2n) is 5.49. The van der Waals surface area contributed by atoms with Crippen LogP contribution in [0.3, 0.4) is 0 Å². The number of piperidine rings is 1. The highest BCUT2D eigenvalue weighted by molar-refractivity contribution is 5.76. The third-order valence-corrected chi connectivity index (χ3v) is 3.94. The molecule has 8 heteroatoms. The van der Waals surface area contributed by atoms with Gasteiger partial charge in [-0.3, -0.25) is 0 Å². The quantitative estimate of drug-likeness (QED) is 0.861. The lowest BCUT2D eigenvalue weighted by molar-refractivity contribution is -0.147. The summed E-state index contributed by atoms with van der Waals surface area (Å²) in [5.41, 5.74) is -0.204. The number of imidazole rings is 1. The summed E-state index contributed by atoms with van der Waals surface area (Å²) in [4.78, 5) is 3.47. The number of aromatic nitrogens is 2. The van der Waals surface area contributed by atoms with Crippen LogP contribution < -0.4 is 5.32 Å². The van der Waals surface area contributed by atoms with E-state index in [0.717, 1.165) is 36.6 Å². The van der Waals surface area contributed by atoms with Crippen molar-refractivity contribution in [1.29, 1.82) is 0 Å². The molecule has 2 aromatic rings. The van der Waals surface area contributed by atoms with E-state index in [9.17, 15) is 22.0 Å². The summed E-state index contributed by atoms with van der Waals surface area (Å²) >= 11 is 0. The number of rotatable bonds is 2. The third kappa shape index (κ3) is 2.79. The highest BCUT2D eigenvalue weighted by Crippen LogP contribution is 2.33. The van der Waals surface area contributed by atoms with Gasteiger partial charge in [-0.2, -0.15) is 13.2 Å². The maximum absolute atomic E-state index is 13.4. The Balaban J connectivity index is 2.09. The Morgan fingerprint density at radius 1 is 1.14 bits per heavy atom. The Morgan fingerprint density at radius 2 is 1.77 bits per heavy atom. The minimum absolute atomic E-state index is 0.0234. The van der Waals surface area contributed by atoms with Crippen LogP contribution in [0.15, 0.2) is 12.1 Å². The summed E-state index contributed by atoms with van der Waals surface area (Å²) in [7, 11) is 0. The van der Waals surface area contributed by atoms with E-state index in [4.69, 9.17) is 0 Å². The van der Waals surface area contributed by atoms with Gasteiger partial charge in [-0.1, -0.05) is 0 Å². The SMILES string of the molecule is Fc1cc2nc(C(F)(F)F)n(CC3CCNCC3)c2cc1F. The molecule has 1 aliphatic rings. The van der Waals surface area contributed by atoms with Gasteiger partial charge in [0.15, 0.2) is 11.6 Å². The summed E-state index contributed by atoms with van der Waals surface area (Å²) in [5, 5.41) is 3.14. The van der Waals surface area contributed by atoms with Crippen molar-refractivity contribution in [3.05, 3.63) is 29.6 Å². The molecule has 1 N–H and O–H groups in total. The van der Waals surface area contributed by atoms with Gasteiger partial charge >= 0.3 is 6.18 Å². The summed E-state index contributed by atoms with van der Waals surface area (Å²) < 4.78 is 67.1. The number of nitrogens with one attached hydrogen (secondary N) is 1. The first-order valence-corrected chi connectivity index (χ1v) is 6.99. The van der Waals surface area contributed by atoms with Crippen molar-refractivity contribution < 1.29 is 22.0 Å². The van der Waals surface area contributed by atoms with Crippen molar-refractivity contribution in [2.24, 2.45) is 5.92 Å². The second kappa shape index (κ2) is 5.49. The second-order valence-corrected chi connectivity index (χ2v) is 5.49. The van der Waals surface area contributed by atoms with Gasteiger partial charge in [-0.15, -0.1) is 0 Å². The average molecular weight is 319 g/mol. The van der Waals surface area contributed by atoms with Gasteiger partial charge < -0.3 is 9.88 Å². The molecule has 0 aliphatic carbocycles. The summed E-state index contributed by atoms with van der Waals surface area (Å²) in [6, 6.07) is 1.49. The van der Waals surface area contributed by atoms with E-state index in [1.54, 1.807) is 0 Å². The maximum atomic E-state index is 13.4. The zero-order valence-electron chi connectivity index (χ0n) is 11.6. The van der Waals surface area contributed by atoms with Crippen LogP contribution in [-0.4, -0.2) is 22.6 Å². The third-order valence-electron chi connectivity index (χ3n) is 3.94. The van der Waals surface area contributed by atoms with E-state index in [1.165, 1.54) is 0 Å². The Morgan fingerprint density at radius 3 is 2.41 bits per heavy atom. The Kier molecular flexibility index (Phi) is 3.80. The number of fused-ring (bicyclic) bond motifs is 1. The molecule has 0 saturated carbocycles. The van der Waals surface area contributed by atoms with Crippen molar-refractivity contribution in [3.8, 4) is 0 Å². The lowest BCUT2D eigenvalue weighted by Crippen LogP contribution is -2.30. The van der Waals surface area contributed by atoms with Crippen LogP contribution in [0.25, 0.3) is 11.0 Å². The van der Waals surface area contributed by atoms with Gasteiger partial charge in [0.1, 0.15) is 0 Å². The van der Waals surface area contributed by atoms with Crippen molar-refractivity contribution in [2.75, 3.05) is 13.1 Å². The summed E-state index contributed by atoms with van der Waals surface area (Å²) in [5.74, 6) is -3.43. The van der Waals surface area contributed by atoms with Gasteiger partial charge in [0, 0.05) is 18.7 Å². The van der Waals surface area contributed by atoms with E-state index >= 15 is 0 Å². The number of alkyl halides is 3. The molecule has 0 spiro atoms. The molecule has 3 rings (SSSR count). The van der Waals surface area contributed by atoms with Gasteiger partial charge in [-0.05, 0) is 31.8 Å². The van der Waals surface area contributed by atoms with Crippen LogP contribution in [-0.2, 0) is 12.7 Å². The standard InChI is InChI=1S/C14H14F5N3/c15-9-5-11-12(6-10(9)16)22(13(21-11)14(17,18)19)7-8-1-3-20-4-2-8/h5-6,8,20H,1-4,7H2. The van der Waals surface area contributed by atoms with Crippen LogP contribution in [0.5, 0.6) is 0 Å². The molecule has 1 fully saturated rings. The molecule has 0 unspecified atom stereocenters. The Labute approximate surface area is 123 Å². The van der Waals surface area contributed by atoms with E-state index in [0.29, 0.717) is 6.07 Å². The minimum Gasteiger partial charge on any atom is -0.320 e. The van der Waals surface area contributed by atoms with Crippen molar-refractivity contribution >= 4 is 11.0 Å². The molecule has 120 valence electrons. The van der Waals surface area contributed by atoms with Gasteiger partial charge in [0.05, 0.1) is 11.0 Å². The fourth-order valence-electron chi connectivity index (χ4n) is 2.84. The van der Waals surface area contributed by atoms with Crippen molar-refractivity contribution in [3.63, 3.8) is 0 Å². The first-order chi connectivity index (χ1) is 10.4. The first kappa shape index (κ1) is 15.2. The Hall–Kier alpha value is -1.70. The van der Waals surface area contributed by atoms with E-state index in [2.05, 4.69) is 10.3 Å². The van der Waals surface area contributed by atoms with E-state index in [1.807, 2.05) is 0 Å². The normalized spacial score (nSPS) is 17.3.